The van der Waals surface area contributed by atoms with Crippen molar-refractivity contribution in [2.75, 3.05) is 11.9 Å². The molecule has 8 nitrogen and oxygen atoms in total. The zero-order valence-corrected chi connectivity index (χ0v) is 18.8. The van der Waals surface area contributed by atoms with Crippen molar-refractivity contribution in [3.05, 3.63) is 98.5 Å². The lowest BCUT2D eigenvalue weighted by atomic mass is 10.0. The van der Waals surface area contributed by atoms with Crippen LogP contribution in [0.1, 0.15) is 10.4 Å². The third kappa shape index (κ3) is 5.14. The summed E-state index contributed by atoms with van der Waals surface area (Å²) in [6, 6.07) is 18.9. The van der Waals surface area contributed by atoms with Gasteiger partial charge in [0.15, 0.2) is 6.61 Å². The SMILES string of the molecule is O=C(COC(=O)c1cc(-c2ccc(Cl)cc2Cl)nc2ccccc12)Nc1cccc([N+](=O)[O-])c1. The fourth-order valence-corrected chi connectivity index (χ4v) is 3.79. The molecule has 4 aromatic rings. The minimum Gasteiger partial charge on any atom is -0.452 e. The van der Waals surface area contributed by atoms with Crippen LogP contribution in [0.5, 0.6) is 0 Å². The average molecular weight is 496 g/mol. The van der Waals surface area contributed by atoms with Crippen molar-refractivity contribution in [3.63, 3.8) is 0 Å². The van der Waals surface area contributed by atoms with Crippen molar-refractivity contribution in [2.24, 2.45) is 0 Å². The molecule has 34 heavy (non-hydrogen) atoms. The summed E-state index contributed by atoms with van der Waals surface area (Å²) in [4.78, 5) is 40.1. The van der Waals surface area contributed by atoms with Gasteiger partial charge in [0, 0.05) is 33.8 Å². The van der Waals surface area contributed by atoms with Crippen molar-refractivity contribution in [2.45, 2.75) is 0 Å². The maximum absolute atomic E-state index is 12.9. The summed E-state index contributed by atoms with van der Waals surface area (Å²) in [5.41, 5.74) is 1.80. The van der Waals surface area contributed by atoms with Crippen LogP contribution in [0.25, 0.3) is 22.2 Å². The van der Waals surface area contributed by atoms with Crippen LogP contribution < -0.4 is 5.32 Å². The van der Waals surface area contributed by atoms with Crippen LogP contribution in [0.4, 0.5) is 11.4 Å². The number of hydrogen-bond donors (Lipinski definition) is 1. The second-order valence-corrected chi connectivity index (χ2v) is 7.97. The third-order valence-corrected chi connectivity index (χ3v) is 5.37. The number of hydrogen-bond acceptors (Lipinski definition) is 6. The molecule has 0 aliphatic carbocycles. The predicted octanol–water partition coefficient (Wildman–Crippen LogP) is 5.91. The number of nitro groups is 1. The molecule has 10 heteroatoms. The fraction of sp³-hybridized carbons (Fsp3) is 0.0417. The normalized spacial score (nSPS) is 10.6. The van der Waals surface area contributed by atoms with Crippen molar-refractivity contribution >= 4 is 57.4 Å². The molecule has 1 amide bonds. The average Bonchev–Trinajstić information content (AvgIpc) is 2.82. The molecular weight excluding hydrogens is 481 g/mol. The number of benzene rings is 3. The summed E-state index contributed by atoms with van der Waals surface area (Å²) in [6.07, 6.45) is 0. The Balaban J connectivity index is 1.56. The van der Waals surface area contributed by atoms with Gasteiger partial charge in [0.1, 0.15) is 0 Å². The molecular formula is C24H15Cl2N3O5. The Morgan fingerprint density at radius 2 is 1.79 bits per heavy atom. The van der Waals surface area contributed by atoms with E-state index in [0.29, 0.717) is 32.2 Å². The van der Waals surface area contributed by atoms with Gasteiger partial charge in [0.05, 0.1) is 26.7 Å². The van der Waals surface area contributed by atoms with Gasteiger partial charge < -0.3 is 10.1 Å². The number of aromatic nitrogens is 1. The monoisotopic (exact) mass is 495 g/mol. The Hall–Kier alpha value is -4.01. The maximum atomic E-state index is 12.9. The van der Waals surface area contributed by atoms with E-state index in [1.807, 2.05) is 0 Å². The number of carbonyl (C=O) groups is 2. The molecule has 0 aliphatic rings. The second kappa shape index (κ2) is 9.86. The summed E-state index contributed by atoms with van der Waals surface area (Å²) in [7, 11) is 0. The lowest BCUT2D eigenvalue weighted by Crippen LogP contribution is -2.21. The van der Waals surface area contributed by atoms with Gasteiger partial charge in [-0.05, 0) is 36.4 Å². The maximum Gasteiger partial charge on any atom is 0.339 e. The zero-order valence-electron chi connectivity index (χ0n) is 17.3. The van der Waals surface area contributed by atoms with Gasteiger partial charge in [0.25, 0.3) is 11.6 Å². The summed E-state index contributed by atoms with van der Waals surface area (Å²) in [6.45, 7) is -0.588. The molecule has 0 radical (unpaired) electrons. The van der Waals surface area contributed by atoms with E-state index in [4.69, 9.17) is 27.9 Å². The number of amides is 1. The third-order valence-electron chi connectivity index (χ3n) is 4.82. The molecule has 0 saturated carbocycles. The number of nitro benzene ring substituents is 1. The number of rotatable bonds is 6. The molecule has 1 N–H and O–H groups in total. The van der Waals surface area contributed by atoms with E-state index in [-0.39, 0.29) is 16.9 Å². The number of nitrogens with zero attached hydrogens (tertiary/aromatic N) is 2. The first kappa shape index (κ1) is 23.2. The fourth-order valence-electron chi connectivity index (χ4n) is 3.28. The van der Waals surface area contributed by atoms with E-state index in [2.05, 4.69) is 10.3 Å². The second-order valence-electron chi connectivity index (χ2n) is 7.13. The van der Waals surface area contributed by atoms with Crippen LogP contribution in [0, 0.1) is 10.1 Å². The van der Waals surface area contributed by atoms with Crippen molar-refractivity contribution in [1.82, 2.24) is 4.98 Å². The molecule has 0 atom stereocenters. The Labute approximate surface area is 203 Å². The van der Waals surface area contributed by atoms with Crippen molar-refractivity contribution in [3.8, 4) is 11.3 Å². The van der Waals surface area contributed by atoms with E-state index in [0.717, 1.165) is 0 Å². The lowest BCUT2D eigenvalue weighted by molar-refractivity contribution is -0.384. The molecule has 1 aromatic heterocycles. The topological polar surface area (TPSA) is 111 Å². The van der Waals surface area contributed by atoms with Crippen LogP contribution in [-0.2, 0) is 9.53 Å². The van der Waals surface area contributed by atoms with Gasteiger partial charge in [-0.3, -0.25) is 14.9 Å². The number of fused-ring (bicyclic) bond motifs is 1. The first-order valence-corrected chi connectivity index (χ1v) is 10.6. The van der Waals surface area contributed by atoms with E-state index in [1.54, 1.807) is 42.5 Å². The zero-order chi connectivity index (χ0) is 24.2. The van der Waals surface area contributed by atoms with E-state index in [1.165, 1.54) is 30.3 Å². The first-order valence-electron chi connectivity index (χ1n) is 9.88. The van der Waals surface area contributed by atoms with Gasteiger partial charge in [-0.1, -0.05) is 47.5 Å². The number of ether oxygens (including phenoxy) is 1. The number of nitrogens with one attached hydrogen (secondary N) is 1. The summed E-state index contributed by atoms with van der Waals surface area (Å²) in [5.74, 6) is -1.38. The number of esters is 1. The predicted molar refractivity (Wildman–Crippen MR) is 129 cm³/mol. The highest BCUT2D eigenvalue weighted by atomic mass is 35.5. The number of anilines is 1. The van der Waals surface area contributed by atoms with Gasteiger partial charge in [-0.25, -0.2) is 9.78 Å². The molecule has 170 valence electrons. The van der Waals surface area contributed by atoms with Gasteiger partial charge >= 0.3 is 5.97 Å². The van der Waals surface area contributed by atoms with E-state index in [9.17, 15) is 19.7 Å². The van der Waals surface area contributed by atoms with Crippen LogP contribution >= 0.6 is 23.2 Å². The minimum absolute atomic E-state index is 0.175. The number of carbonyl (C=O) groups excluding carboxylic acids is 2. The lowest BCUT2D eigenvalue weighted by Gasteiger charge is -2.11. The molecule has 0 saturated heterocycles. The number of non-ortho nitro benzene ring substituents is 1. The Kier molecular flexibility index (Phi) is 6.72. The summed E-state index contributed by atoms with van der Waals surface area (Å²) in [5, 5.41) is 14.7. The summed E-state index contributed by atoms with van der Waals surface area (Å²) >= 11 is 12.3. The standard InChI is InChI=1S/C24H15Cl2N3O5/c25-14-8-9-18(20(26)10-14)22-12-19(17-6-1-2-7-21(17)28-22)24(31)34-13-23(30)27-15-4-3-5-16(11-15)29(32)33/h1-12H,13H2,(H,27,30). The molecule has 4 rings (SSSR count). The number of halogens is 2. The van der Waals surface area contributed by atoms with Crippen LogP contribution in [0.15, 0.2) is 72.8 Å². The minimum atomic E-state index is -0.737. The highest BCUT2D eigenvalue weighted by Gasteiger charge is 2.18. The van der Waals surface area contributed by atoms with Crippen LogP contribution in [0.2, 0.25) is 10.0 Å². The Bertz CT molecular complexity index is 1440. The van der Waals surface area contributed by atoms with E-state index < -0.39 is 23.4 Å². The first-order chi connectivity index (χ1) is 16.3. The molecule has 3 aromatic carbocycles. The molecule has 0 spiro atoms. The molecule has 1 heterocycles. The quantitative estimate of drug-likeness (QED) is 0.202. The molecule has 0 fully saturated rings. The van der Waals surface area contributed by atoms with Crippen molar-refractivity contribution in [1.29, 1.82) is 0 Å². The Morgan fingerprint density at radius 1 is 1.00 bits per heavy atom. The highest BCUT2D eigenvalue weighted by molar-refractivity contribution is 6.36. The van der Waals surface area contributed by atoms with Gasteiger partial charge in [-0.2, -0.15) is 0 Å². The van der Waals surface area contributed by atoms with Gasteiger partial charge in [0.2, 0.25) is 0 Å². The van der Waals surface area contributed by atoms with Gasteiger partial charge in [-0.15, -0.1) is 0 Å². The van der Waals surface area contributed by atoms with Crippen LogP contribution in [0.3, 0.4) is 0 Å². The van der Waals surface area contributed by atoms with E-state index >= 15 is 0 Å². The molecule has 0 bridgehead atoms. The van der Waals surface area contributed by atoms with Crippen LogP contribution in [-0.4, -0.2) is 28.4 Å². The Morgan fingerprint density at radius 3 is 2.56 bits per heavy atom. The number of para-hydroxylation sites is 1. The highest BCUT2D eigenvalue weighted by Crippen LogP contribution is 2.32. The smallest absolute Gasteiger partial charge is 0.339 e. The summed E-state index contributed by atoms with van der Waals surface area (Å²) < 4.78 is 5.22. The molecule has 0 unspecified atom stereocenters. The largest absolute Gasteiger partial charge is 0.452 e. The molecule has 0 aliphatic heterocycles. The van der Waals surface area contributed by atoms with Crippen molar-refractivity contribution < 1.29 is 19.2 Å². The number of pyridine rings is 1.